The molecule has 0 aromatic heterocycles. The third-order valence-corrected chi connectivity index (χ3v) is 2.89. The van der Waals surface area contributed by atoms with Crippen LogP contribution in [0.15, 0.2) is 48.5 Å². The Morgan fingerprint density at radius 3 is 1.95 bits per heavy atom. The van der Waals surface area contributed by atoms with E-state index < -0.39 is 0 Å². The second-order valence-electron chi connectivity index (χ2n) is 4.23. The predicted molar refractivity (Wildman–Crippen MR) is 90.3 cm³/mol. The van der Waals surface area contributed by atoms with Crippen LogP contribution in [0.5, 0.6) is 0 Å². The van der Waals surface area contributed by atoms with E-state index in [0.717, 1.165) is 17.1 Å². The van der Waals surface area contributed by atoms with Crippen molar-refractivity contribution in [2.75, 3.05) is 16.1 Å². The molecular formula is C15H13N5OS. The summed E-state index contributed by atoms with van der Waals surface area (Å²) in [5.41, 5.74) is 8.01. The van der Waals surface area contributed by atoms with Gasteiger partial charge in [-0.2, -0.15) is 5.26 Å². The summed E-state index contributed by atoms with van der Waals surface area (Å²) in [6, 6.07) is 16.3. The van der Waals surface area contributed by atoms with E-state index >= 15 is 0 Å². The van der Waals surface area contributed by atoms with Gasteiger partial charge in [0.05, 0.1) is 17.3 Å². The van der Waals surface area contributed by atoms with Crippen LogP contribution in [0.3, 0.4) is 0 Å². The van der Waals surface area contributed by atoms with Crippen molar-refractivity contribution in [2.45, 2.75) is 0 Å². The van der Waals surface area contributed by atoms with Gasteiger partial charge in [-0.05, 0) is 60.7 Å². The molecule has 0 bridgehead atoms. The highest BCUT2D eigenvalue weighted by Gasteiger charge is 2.00. The van der Waals surface area contributed by atoms with E-state index in [2.05, 4.69) is 27.6 Å². The summed E-state index contributed by atoms with van der Waals surface area (Å²) in [5, 5.41) is 15.3. The van der Waals surface area contributed by atoms with Crippen molar-refractivity contribution in [1.29, 1.82) is 5.26 Å². The summed E-state index contributed by atoms with van der Waals surface area (Å²) < 4.78 is 0. The van der Waals surface area contributed by atoms with E-state index in [1.807, 2.05) is 12.1 Å². The van der Waals surface area contributed by atoms with Crippen molar-refractivity contribution in [1.82, 2.24) is 5.43 Å². The number of thiocarbonyl (C=S) groups is 1. The second kappa shape index (κ2) is 7.61. The van der Waals surface area contributed by atoms with E-state index in [1.54, 1.807) is 36.4 Å². The summed E-state index contributed by atoms with van der Waals surface area (Å²) in [4.78, 5) is 10.2. The number of benzene rings is 2. The Morgan fingerprint density at radius 2 is 1.45 bits per heavy atom. The monoisotopic (exact) mass is 311 g/mol. The third kappa shape index (κ3) is 4.47. The minimum Gasteiger partial charge on any atom is -0.332 e. The van der Waals surface area contributed by atoms with Gasteiger partial charge in [-0.1, -0.05) is 0 Å². The SMILES string of the molecule is N#Cc1ccc(NC(=S)Nc2ccc(NNC=O)cc2)cc1. The molecule has 6 nitrogen and oxygen atoms in total. The van der Waals surface area contributed by atoms with E-state index in [4.69, 9.17) is 17.5 Å². The molecular weight excluding hydrogens is 298 g/mol. The number of hydrogen-bond acceptors (Lipinski definition) is 4. The van der Waals surface area contributed by atoms with Gasteiger partial charge in [0.1, 0.15) is 0 Å². The molecule has 4 N–H and O–H groups in total. The van der Waals surface area contributed by atoms with Crippen molar-refractivity contribution < 1.29 is 4.79 Å². The number of hydrazine groups is 1. The lowest BCUT2D eigenvalue weighted by Crippen LogP contribution is -2.20. The highest BCUT2D eigenvalue weighted by atomic mass is 32.1. The molecule has 0 atom stereocenters. The number of carbonyl (C=O) groups is 1. The smallest absolute Gasteiger partial charge is 0.225 e. The third-order valence-electron chi connectivity index (χ3n) is 2.69. The van der Waals surface area contributed by atoms with Gasteiger partial charge in [-0.25, -0.2) is 0 Å². The van der Waals surface area contributed by atoms with Crippen LogP contribution in [0.2, 0.25) is 0 Å². The van der Waals surface area contributed by atoms with Crippen LogP contribution in [0, 0.1) is 11.3 Å². The average Bonchev–Trinajstić information content (AvgIpc) is 2.55. The Labute approximate surface area is 133 Å². The highest BCUT2D eigenvalue weighted by molar-refractivity contribution is 7.80. The molecule has 2 aromatic carbocycles. The van der Waals surface area contributed by atoms with Crippen LogP contribution in [0.25, 0.3) is 0 Å². The van der Waals surface area contributed by atoms with Gasteiger partial charge in [-0.3, -0.25) is 15.6 Å². The first-order chi connectivity index (χ1) is 10.7. The van der Waals surface area contributed by atoms with E-state index in [0.29, 0.717) is 17.1 Å². The molecule has 2 rings (SSSR count). The molecule has 0 unspecified atom stereocenters. The fraction of sp³-hybridized carbons (Fsp3) is 0. The first kappa shape index (κ1) is 15.3. The number of nitrogens with zero attached hydrogens (tertiary/aromatic N) is 1. The standard InChI is InChI=1S/C15H13N5OS/c16-9-11-1-3-12(4-2-11)18-15(22)19-13-5-7-14(8-6-13)20-17-10-21/h1-8,10,20H,(H,17,21)(H2,18,19,22). The van der Waals surface area contributed by atoms with Crippen molar-refractivity contribution >= 4 is 40.8 Å². The first-order valence-electron chi connectivity index (χ1n) is 6.34. The number of carbonyl (C=O) groups excluding carboxylic acids is 1. The van der Waals surface area contributed by atoms with Crippen LogP contribution in [-0.2, 0) is 4.79 Å². The lowest BCUT2D eigenvalue weighted by molar-refractivity contribution is -0.109. The summed E-state index contributed by atoms with van der Waals surface area (Å²) in [6.07, 6.45) is 0.558. The Hall–Kier alpha value is -3.11. The molecule has 0 fully saturated rings. The Balaban J connectivity index is 1.90. The zero-order valence-electron chi connectivity index (χ0n) is 11.5. The van der Waals surface area contributed by atoms with Gasteiger partial charge >= 0.3 is 0 Å². The molecule has 110 valence electrons. The molecule has 22 heavy (non-hydrogen) atoms. The van der Waals surface area contributed by atoms with Gasteiger partial charge < -0.3 is 10.6 Å². The fourth-order valence-electron chi connectivity index (χ4n) is 1.67. The van der Waals surface area contributed by atoms with Gasteiger partial charge in [0, 0.05) is 11.4 Å². The van der Waals surface area contributed by atoms with E-state index in [1.165, 1.54) is 0 Å². The number of rotatable bonds is 5. The highest BCUT2D eigenvalue weighted by Crippen LogP contribution is 2.14. The number of nitrogens with one attached hydrogen (secondary N) is 4. The molecule has 0 saturated carbocycles. The second-order valence-corrected chi connectivity index (χ2v) is 4.64. The molecule has 0 heterocycles. The first-order valence-corrected chi connectivity index (χ1v) is 6.75. The molecule has 7 heteroatoms. The molecule has 0 saturated heterocycles. The van der Waals surface area contributed by atoms with Gasteiger partial charge in [0.2, 0.25) is 6.41 Å². The number of hydrogen-bond donors (Lipinski definition) is 4. The largest absolute Gasteiger partial charge is 0.332 e. The molecule has 0 spiro atoms. The topological polar surface area (TPSA) is 89.0 Å². The van der Waals surface area contributed by atoms with Gasteiger partial charge in [0.25, 0.3) is 0 Å². The number of amides is 1. The maximum absolute atomic E-state index is 10.2. The van der Waals surface area contributed by atoms with Crippen LogP contribution in [0.1, 0.15) is 5.56 Å². The normalized spacial score (nSPS) is 9.23. The Morgan fingerprint density at radius 1 is 0.955 bits per heavy atom. The summed E-state index contributed by atoms with van der Waals surface area (Å²) in [7, 11) is 0. The number of anilines is 3. The minimum absolute atomic E-state index is 0.441. The molecule has 0 aliphatic heterocycles. The van der Waals surface area contributed by atoms with Crippen molar-refractivity contribution in [3.05, 3.63) is 54.1 Å². The molecule has 2 aromatic rings. The fourth-order valence-corrected chi connectivity index (χ4v) is 1.91. The van der Waals surface area contributed by atoms with Crippen molar-refractivity contribution in [2.24, 2.45) is 0 Å². The lowest BCUT2D eigenvalue weighted by atomic mass is 10.2. The minimum atomic E-state index is 0.441. The maximum atomic E-state index is 10.2. The molecule has 0 radical (unpaired) electrons. The van der Waals surface area contributed by atoms with Crippen LogP contribution >= 0.6 is 12.2 Å². The molecule has 0 aliphatic rings. The zero-order chi connectivity index (χ0) is 15.8. The number of nitriles is 1. The zero-order valence-corrected chi connectivity index (χ0v) is 12.3. The van der Waals surface area contributed by atoms with E-state index in [-0.39, 0.29) is 0 Å². The Kier molecular flexibility index (Phi) is 5.29. The van der Waals surface area contributed by atoms with Gasteiger partial charge in [-0.15, -0.1) is 0 Å². The van der Waals surface area contributed by atoms with Crippen molar-refractivity contribution in [3.8, 4) is 6.07 Å². The average molecular weight is 311 g/mol. The molecule has 0 aliphatic carbocycles. The van der Waals surface area contributed by atoms with Crippen LogP contribution < -0.4 is 21.5 Å². The summed E-state index contributed by atoms with van der Waals surface area (Å²) in [5.74, 6) is 0. The lowest BCUT2D eigenvalue weighted by Gasteiger charge is -2.11. The Bertz CT molecular complexity index is 691. The quantitative estimate of drug-likeness (QED) is 0.385. The predicted octanol–water partition coefficient (Wildman–Crippen LogP) is 2.44. The van der Waals surface area contributed by atoms with Crippen LogP contribution in [-0.4, -0.2) is 11.5 Å². The summed E-state index contributed by atoms with van der Waals surface area (Å²) in [6.45, 7) is 0. The van der Waals surface area contributed by atoms with Crippen LogP contribution in [0.4, 0.5) is 17.1 Å². The molecule has 1 amide bonds. The van der Waals surface area contributed by atoms with Crippen molar-refractivity contribution in [3.63, 3.8) is 0 Å². The van der Waals surface area contributed by atoms with Gasteiger partial charge in [0.15, 0.2) is 5.11 Å². The van der Waals surface area contributed by atoms with E-state index in [9.17, 15) is 4.79 Å². The maximum Gasteiger partial charge on any atom is 0.225 e. The summed E-state index contributed by atoms with van der Waals surface area (Å²) >= 11 is 5.22.